The first-order chi connectivity index (χ1) is 14.5. The summed E-state index contributed by atoms with van der Waals surface area (Å²) in [4.78, 5) is 16.7. The van der Waals surface area contributed by atoms with E-state index in [2.05, 4.69) is 72.8 Å². The third-order valence-electron chi connectivity index (χ3n) is 6.16. The Labute approximate surface area is 179 Å². The second kappa shape index (κ2) is 8.50. The Bertz CT molecular complexity index is 1020. The Kier molecular flexibility index (Phi) is 5.80. The number of fused-ring (bicyclic) bond motifs is 1. The van der Waals surface area contributed by atoms with Gasteiger partial charge in [0, 0.05) is 43.7 Å². The second-order valence-corrected chi connectivity index (χ2v) is 8.54. The smallest absolute Gasteiger partial charge is 0.219 e. The van der Waals surface area contributed by atoms with Crippen LogP contribution in [0.15, 0.2) is 48.5 Å². The summed E-state index contributed by atoms with van der Waals surface area (Å²) in [5, 5.41) is 6.09. The number of carbonyl (C=O) groups is 1. The molecule has 158 valence electrons. The van der Waals surface area contributed by atoms with Crippen molar-refractivity contribution in [3.8, 4) is 0 Å². The van der Waals surface area contributed by atoms with Gasteiger partial charge in [0.1, 0.15) is 0 Å². The largest absolute Gasteiger partial charge is 0.368 e. The highest BCUT2D eigenvalue weighted by atomic mass is 16.2. The lowest BCUT2D eigenvalue weighted by Gasteiger charge is -2.42. The van der Waals surface area contributed by atoms with E-state index in [0.29, 0.717) is 6.04 Å². The van der Waals surface area contributed by atoms with Crippen molar-refractivity contribution in [3.05, 3.63) is 59.8 Å². The predicted molar refractivity (Wildman–Crippen MR) is 123 cm³/mol. The van der Waals surface area contributed by atoms with Gasteiger partial charge in [-0.2, -0.15) is 5.10 Å². The molecule has 1 atom stereocenters. The third-order valence-corrected chi connectivity index (χ3v) is 6.16. The van der Waals surface area contributed by atoms with Gasteiger partial charge in [-0.1, -0.05) is 37.3 Å². The molecule has 2 aromatic carbocycles. The molecule has 1 aromatic heterocycles. The quantitative estimate of drug-likeness (QED) is 0.630. The molecule has 5 heteroatoms. The van der Waals surface area contributed by atoms with E-state index in [1.54, 1.807) is 6.92 Å². The summed E-state index contributed by atoms with van der Waals surface area (Å²) in [7, 11) is 0. The maximum Gasteiger partial charge on any atom is 0.219 e. The van der Waals surface area contributed by atoms with E-state index in [1.165, 1.54) is 22.2 Å². The fraction of sp³-hybridized carbons (Fsp3) is 0.440. The Hall–Kier alpha value is -2.82. The molecular formula is C25H32N4O. The molecule has 0 spiro atoms. The average molecular weight is 405 g/mol. The third kappa shape index (κ3) is 3.93. The second-order valence-electron chi connectivity index (χ2n) is 8.54. The lowest BCUT2D eigenvalue weighted by molar-refractivity contribution is -0.131. The molecule has 2 heterocycles. The zero-order valence-electron chi connectivity index (χ0n) is 18.5. The normalized spacial score (nSPS) is 17.2. The summed E-state index contributed by atoms with van der Waals surface area (Å²) in [6.07, 6.45) is 1.81. The van der Waals surface area contributed by atoms with Gasteiger partial charge in [-0.05, 0) is 50.5 Å². The monoisotopic (exact) mass is 404 g/mol. The van der Waals surface area contributed by atoms with E-state index in [0.717, 1.165) is 38.2 Å². The van der Waals surface area contributed by atoms with E-state index in [9.17, 15) is 4.79 Å². The number of hydrogen-bond donors (Lipinski definition) is 0. The SMILES string of the molecule is CCc1nn(C(C)C)c2cc(N3CCN(C(C)=O)[C@@H](Cc4ccccc4)C3)ccc12. The molecule has 30 heavy (non-hydrogen) atoms. The van der Waals surface area contributed by atoms with Gasteiger partial charge in [0.15, 0.2) is 0 Å². The summed E-state index contributed by atoms with van der Waals surface area (Å²) >= 11 is 0. The summed E-state index contributed by atoms with van der Waals surface area (Å²) in [5.41, 5.74) is 4.85. The highest BCUT2D eigenvalue weighted by Crippen LogP contribution is 2.29. The maximum absolute atomic E-state index is 12.3. The molecule has 0 radical (unpaired) electrons. The number of piperazine rings is 1. The molecule has 0 N–H and O–H groups in total. The molecule has 1 aliphatic heterocycles. The zero-order chi connectivity index (χ0) is 21.3. The van der Waals surface area contributed by atoms with Crippen LogP contribution in [-0.2, 0) is 17.6 Å². The predicted octanol–water partition coefficient (Wildman–Crippen LogP) is 4.46. The van der Waals surface area contributed by atoms with Crippen LogP contribution >= 0.6 is 0 Å². The van der Waals surface area contributed by atoms with Crippen LogP contribution in [0.5, 0.6) is 0 Å². The lowest BCUT2D eigenvalue weighted by atomic mass is 10.0. The van der Waals surface area contributed by atoms with Crippen molar-refractivity contribution in [2.45, 2.75) is 52.6 Å². The Morgan fingerprint density at radius 3 is 2.57 bits per heavy atom. The molecule has 4 rings (SSSR count). The van der Waals surface area contributed by atoms with Gasteiger partial charge in [0.25, 0.3) is 0 Å². The van der Waals surface area contributed by atoms with E-state index < -0.39 is 0 Å². The molecule has 0 bridgehead atoms. The molecule has 5 nitrogen and oxygen atoms in total. The standard InChI is InChI=1S/C25H32N4O/c1-5-24-23-12-11-21(16-25(23)29(26-24)18(2)3)27-13-14-28(19(4)30)22(17-27)15-20-9-7-6-8-10-20/h6-12,16,18,22H,5,13-15,17H2,1-4H3/t22-/m0/s1. The zero-order valence-corrected chi connectivity index (χ0v) is 18.5. The molecule has 1 saturated heterocycles. The first-order valence-electron chi connectivity index (χ1n) is 11.0. The molecule has 0 aliphatic carbocycles. The van der Waals surface area contributed by atoms with Crippen LogP contribution in [0, 0.1) is 0 Å². The van der Waals surface area contributed by atoms with Crippen molar-refractivity contribution >= 4 is 22.5 Å². The topological polar surface area (TPSA) is 41.4 Å². The fourth-order valence-corrected chi connectivity index (χ4v) is 4.61. The molecular weight excluding hydrogens is 372 g/mol. The molecule has 1 aliphatic rings. The van der Waals surface area contributed by atoms with Crippen LogP contribution in [0.3, 0.4) is 0 Å². The minimum Gasteiger partial charge on any atom is -0.368 e. The van der Waals surface area contributed by atoms with Gasteiger partial charge in [0.2, 0.25) is 5.91 Å². The van der Waals surface area contributed by atoms with Crippen LogP contribution in [0.1, 0.15) is 45.0 Å². The highest BCUT2D eigenvalue weighted by molar-refractivity contribution is 5.85. The molecule has 3 aromatic rings. The Morgan fingerprint density at radius 2 is 1.90 bits per heavy atom. The van der Waals surface area contributed by atoms with E-state index in [4.69, 9.17) is 5.10 Å². The average Bonchev–Trinajstić information content (AvgIpc) is 3.12. The molecule has 0 unspecified atom stereocenters. The van der Waals surface area contributed by atoms with Gasteiger partial charge in [-0.25, -0.2) is 0 Å². The van der Waals surface area contributed by atoms with E-state index >= 15 is 0 Å². The molecule has 1 fully saturated rings. The summed E-state index contributed by atoms with van der Waals surface area (Å²) in [5.74, 6) is 0.163. The van der Waals surface area contributed by atoms with Crippen LogP contribution < -0.4 is 4.90 Å². The Balaban J connectivity index is 1.64. The lowest BCUT2D eigenvalue weighted by Crippen LogP contribution is -2.55. The number of rotatable bonds is 5. The minimum atomic E-state index is 0.163. The summed E-state index contributed by atoms with van der Waals surface area (Å²) in [6.45, 7) is 10.7. The fourth-order valence-electron chi connectivity index (χ4n) is 4.61. The maximum atomic E-state index is 12.3. The Morgan fingerprint density at radius 1 is 1.13 bits per heavy atom. The van der Waals surface area contributed by atoms with Crippen LogP contribution in [0.2, 0.25) is 0 Å². The number of amides is 1. The number of nitrogens with zero attached hydrogens (tertiary/aromatic N) is 4. The van der Waals surface area contributed by atoms with Crippen molar-refractivity contribution < 1.29 is 4.79 Å². The van der Waals surface area contributed by atoms with Crippen molar-refractivity contribution in [2.75, 3.05) is 24.5 Å². The first kappa shape index (κ1) is 20.5. The summed E-state index contributed by atoms with van der Waals surface area (Å²) in [6, 6.07) is 17.7. The minimum absolute atomic E-state index is 0.163. The number of anilines is 1. The first-order valence-corrected chi connectivity index (χ1v) is 11.0. The molecule has 1 amide bonds. The van der Waals surface area contributed by atoms with Gasteiger partial charge >= 0.3 is 0 Å². The van der Waals surface area contributed by atoms with E-state index in [-0.39, 0.29) is 11.9 Å². The van der Waals surface area contributed by atoms with Crippen molar-refractivity contribution in [1.29, 1.82) is 0 Å². The van der Waals surface area contributed by atoms with Gasteiger partial charge in [-0.3, -0.25) is 9.48 Å². The number of hydrogen-bond acceptors (Lipinski definition) is 3. The molecule has 0 saturated carbocycles. The van der Waals surface area contributed by atoms with E-state index in [1.807, 2.05) is 11.0 Å². The number of carbonyl (C=O) groups excluding carboxylic acids is 1. The van der Waals surface area contributed by atoms with Crippen LogP contribution in [-0.4, -0.2) is 46.3 Å². The van der Waals surface area contributed by atoms with Crippen LogP contribution in [0.4, 0.5) is 5.69 Å². The summed E-state index contributed by atoms with van der Waals surface area (Å²) < 4.78 is 2.14. The van der Waals surface area contributed by atoms with Gasteiger partial charge in [-0.15, -0.1) is 0 Å². The van der Waals surface area contributed by atoms with Crippen molar-refractivity contribution in [1.82, 2.24) is 14.7 Å². The number of aromatic nitrogens is 2. The van der Waals surface area contributed by atoms with Gasteiger partial charge in [0.05, 0.1) is 17.3 Å². The highest BCUT2D eigenvalue weighted by Gasteiger charge is 2.29. The number of benzene rings is 2. The van der Waals surface area contributed by atoms with Crippen molar-refractivity contribution in [3.63, 3.8) is 0 Å². The van der Waals surface area contributed by atoms with Gasteiger partial charge < -0.3 is 9.80 Å². The van der Waals surface area contributed by atoms with Crippen molar-refractivity contribution in [2.24, 2.45) is 0 Å². The number of aryl methyl sites for hydroxylation is 1. The van der Waals surface area contributed by atoms with Crippen LogP contribution in [0.25, 0.3) is 10.9 Å².